The number of nitrogens with zero attached hydrogens (tertiary/aromatic N) is 6. The number of halogens is 3. The Kier molecular flexibility index (Phi) is 7.44. The van der Waals surface area contributed by atoms with Crippen LogP contribution in [0.15, 0.2) is 35.2 Å². The predicted octanol–water partition coefficient (Wildman–Crippen LogP) is 3.54. The Balaban J connectivity index is 1.33. The SMILES string of the molecule is CC1(C)CCN(c2nn(CCN3CCCC3=O)cc2NC(=O)c2coc(-c3ccnc(NCC(F)(F)F)c3)n2)C1=O. The Bertz CT molecular complexity index is 1460. The summed E-state index contributed by atoms with van der Waals surface area (Å²) in [4.78, 5) is 49.5. The molecule has 3 aromatic rings. The van der Waals surface area contributed by atoms with Gasteiger partial charge in [0.05, 0.1) is 12.7 Å². The van der Waals surface area contributed by atoms with Crippen LogP contribution >= 0.6 is 0 Å². The van der Waals surface area contributed by atoms with E-state index >= 15 is 0 Å². The van der Waals surface area contributed by atoms with Gasteiger partial charge in [0.2, 0.25) is 17.7 Å². The second-order valence-electron chi connectivity index (χ2n) is 10.6. The Labute approximate surface area is 232 Å². The molecule has 2 aliphatic heterocycles. The van der Waals surface area contributed by atoms with Crippen LogP contribution < -0.4 is 15.5 Å². The van der Waals surface area contributed by atoms with E-state index in [1.807, 2.05) is 13.8 Å². The molecule has 0 spiro atoms. The summed E-state index contributed by atoms with van der Waals surface area (Å²) in [7, 11) is 0. The summed E-state index contributed by atoms with van der Waals surface area (Å²) in [5, 5.41) is 9.51. The molecule has 0 atom stereocenters. The van der Waals surface area contributed by atoms with Gasteiger partial charge in [-0.1, -0.05) is 13.8 Å². The molecule has 0 aliphatic carbocycles. The van der Waals surface area contributed by atoms with Gasteiger partial charge < -0.3 is 20.0 Å². The van der Waals surface area contributed by atoms with E-state index in [4.69, 9.17) is 4.42 Å². The van der Waals surface area contributed by atoms with Crippen molar-refractivity contribution in [3.05, 3.63) is 36.5 Å². The maximum atomic E-state index is 13.2. The van der Waals surface area contributed by atoms with Gasteiger partial charge in [0, 0.05) is 43.2 Å². The van der Waals surface area contributed by atoms with Crippen LogP contribution in [0.4, 0.5) is 30.5 Å². The van der Waals surface area contributed by atoms with Crippen LogP contribution in [0.5, 0.6) is 0 Å². The molecule has 0 unspecified atom stereocenters. The molecule has 2 aliphatic rings. The molecule has 0 saturated carbocycles. The molecule has 15 heteroatoms. The summed E-state index contributed by atoms with van der Waals surface area (Å²) in [6, 6.07) is 2.81. The lowest BCUT2D eigenvalue weighted by Crippen LogP contribution is -2.32. The second-order valence-corrected chi connectivity index (χ2v) is 10.6. The van der Waals surface area contributed by atoms with Crippen molar-refractivity contribution in [3.8, 4) is 11.5 Å². The van der Waals surface area contributed by atoms with Crippen LogP contribution in [0.25, 0.3) is 11.5 Å². The highest BCUT2D eigenvalue weighted by Crippen LogP contribution is 2.36. The van der Waals surface area contributed by atoms with Crippen LogP contribution in [-0.2, 0) is 16.1 Å². The van der Waals surface area contributed by atoms with E-state index in [0.717, 1.165) is 12.7 Å². The van der Waals surface area contributed by atoms with Crippen molar-refractivity contribution in [1.82, 2.24) is 24.6 Å². The van der Waals surface area contributed by atoms with Crippen molar-refractivity contribution in [2.45, 2.75) is 45.8 Å². The van der Waals surface area contributed by atoms with Gasteiger partial charge in [-0.05, 0) is 25.0 Å². The number of alkyl halides is 3. The average Bonchev–Trinajstić information content (AvgIpc) is 3.70. The molecule has 5 heterocycles. The number of hydrogen-bond donors (Lipinski definition) is 2. The minimum atomic E-state index is -4.42. The molecule has 218 valence electrons. The van der Waals surface area contributed by atoms with Crippen LogP contribution in [0, 0.1) is 5.41 Å². The normalized spacial score (nSPS) is 17.0. The van der Waals surface area contributed by atoms with Gasteiger partial charge in [-0.3, -0.25) is 24.0 Å². The van der Waals surface area contributed by atoms with E-state index in [1.54, 1.807) is 15.8 Å². The van der Waals surface area contributed by atoms with E-state index in [-0.39, 0.29) is 29.2 Å². The molecule has 2 saturated heterocycles. The number of amides is 3. The summed E-state index contributed by atoms with van der Waals surface area (Å²) in [5.41, 5.74) is -0.0533. The fourth-order valence-corrected chi connectivity index (χ4v) is 4.69. The van der Waals surface area contributed by atoms with Gasteiger partial charge in [0.1, 0.15) is 24.3 Å². The molecule has 0 radical (unpaired) electrons. The number of pyridine rings is 1. The molecular formula is C26H29F3N8O4. The van der Waals surface area contributed by atoms with Crippen molar-refractivity contribution in [2.75, 3.05) is 41.7 Å². The molecular weight excluding hydrogens is 545 g/mol. The second kappa shape index (κ2) is 10.9. The quantitative estimate of drug-likeness (QED) is 0.396. The van der Waals surface area contributed by atoms with Crippen LogP contribution in [-0.4, -0.2) is 74.7 Å². The number of anilines is 3. The summed E-state index contributed by atoms with van der Waals surface area (Å²) < 4.78 is 44.6. The first-order valence-corrected chi connectivity index (χ1v) is 13.1. The van der Waals surface area contributed by atoms with Crippen molar-refractivity contribution in [1.29, 1.82) is 0 Å². The topological polar surface area (TPSA) is 138 Å². The molecule has 2 fully saturated rings. The number of aromatic nitrogens is 4. The molecule has 0 aromatic carbocycles. The molecule has 12 nitrogen and oxygen atoms in total. The number of carbonyl (C=O) groups excluding carboxylic acids is 3. The van der Waals surface area contributed by atoms with E-state index in [2.05, 4.69) is 25.7 Å². The number of rotatable bonds is 9. The van der Waals surface area contributed by atoms with E-state index < -0.39 is 24.0 Å². The summed E-state index contributed by atoms with van der Waals surface area (Å²) in [6.07, 6.45) is 1.56. The van der Waals surface area contributed by atoms with Gasteiger partial charge in [0.25, 0.3) is 5.91 Å². The summed E-state index contributed by atoms with van der Waals surface area (Å²) >= 11 is 0. The van der Waals surface area contributed by atoms with E-state index in [9.17, 15) is 27.6 Å². The lowest BCUT2D eigenvalue weighted by atomic mass is 9.92. The fraction of sp³-hybridized carbons (Fsp3) is 0.462. The monoisotopic (exact) mass is 574 g/mol. The van der Waals surface area contributed by atoms with Gasteiger partial charge in [-0.2, -0.15) is 18.3 Å². The fourth-order valence-electron chi connectivity index (χ4n) is 4.69. The maximum absolute atomic E-state index is 13.2. The van der Waals surface area contributed by atoms with E-state index in [0.29, 0.717) is 56.1 Å². The zero-order valence-corrected chi connectivity index (χ0v) is 22.5. The molecule has 0 bridgehead atoms. The van der Waals surface area contributed by atoms with E-state index in [1.165, 1.54) is 23.2 Å². The van der Waals surface area contributed by atoms with Crippen molar-refractivity contribution in [2.24, 2.45) is 5.41 Å². The van der Waals surface area contributed by atoms with Gasteiger partial charge in [0.15, 0.2) is 11.5 Å². The Morgan fingerprint density at radius 2 is 2.00 bits per heavy atom. The third-order valence-corrected chi connectivity index (χ3v) is 7.01. The van der Waals surface area contributed by atoms with Crippen molar-refractivity contribution >= 4 is 35.0 Å². The molecule has 2 N–H and O–H groups in total. The lowest BCUT2D eigenvalue weighted by Gasteiger charge is -2.18. The highest BCUT2D eigenvalue weighted by molar-refractivity contribution is 6.07. The largest absolute Gasteiger partial charge is 0.444 e. The highest BCUT2D eigenvalue weighted by Gasteiger charge is 2.41. The first-order chi connectivity index (χ1) is 19.4. The first-order valence-electron chi connectivity index (χ1n) is 13.1. The number of carbonyl (C=O) groups is 3. The Hall–Kier alpha value is -4.43. The Morgan fingerprint density at radius 3 is 2.68 bits per heavy atom. The van der Waals surface area contributed by atoms with Crippen LogP contribution in [0.1, 0.15) is 43.6 Å². The smallest absolute Gasteiger partial charge is 0.405 e. The zero-order chi connectivity index (χ0) is 29.4. The van der Waals surface area contributed by atoms with Gasteiger partial charge in [-0.25, -0.2) is 9.97 Å². The minimum absolute atomic E-state index is 0.00952. The first kappa shape index (κ1) is 28.1. The van der Waals surface area contributed by atoms with Gasteiger partial charge >= 0.3 is 6.18 Å². The number of oxazole rings is 1. The summed E-state index contributed by atoms with van der Waals surface area (Å²) in [6.45, 7) is 4.38. The Morgan fingerprint density at radius 1 is 1.20 bits per heavy atom. The number of nitrogens with one attached hydrogen (secondary N) is 2. The standard InChI is InChI=1S/C26H29F3N8O4/c1-25(2)6-9-37(24(25)40)21-17(13-36(34-21)11-10-35-8-3-4-20(35)38)32-22(39)18-14-41-23(33-18)16-5-7-30-19(12-16)31-15-26(27,28)29/h5,7,12-14H,3-4,6,8-11,15H2,1-2H3,(H,30,31)(H,32,39). The third-order valence-electron chi connectivity index (χ3n) is 7.01. The predicted molar refractivity (Wildman–Crippen MR) is 141 cm³/mol. The lowest BCUT2D eigenvalue weighted by molar-refractivity contribution is -0.128. The molecule has 41 heavy (non-hydrogen) atoms. The summed E-state index contributed by atoms with van der Waals surface area (Å²) in [5.74, 6) is -0.401. The van der Waals surface area contributed by atoms with Crippen molar-refractivity contribution < 1.29 is 32.0 Å². The average molecular weight is 575 g/mol. The molecule has 5 rings (SSSR count). The maximum Gasteiger partial charge on any atom is 0.405 e. The van der Waals surface area contributed by atoms with Gasteiger partial charge in [-0.15, -0.1) is 0 Å². The molecule has 3 amide bonds. The zero-order valence-electron chi connectivity index (χ0n) is 22.5. The van der Waals surface area contributed by atoms with Crippen LogP contribution in [0.3, 0.4) is 0 Å². The highest BCUT2D eigenvalue weighted by atomic mass is 19.4. The minimum Gasteiger partial charge on any atom is -0.444 e. The molecule has 3 aromatic heterocycles. The number of likely N-dealkylation sites (tertiary alicyclic amines) is 1. The third kappa shape index (κ3) is 6.33. The number of hydrogen-bond acceptors (Lipinski definition) is 8. The van der Waals surface area contributed by atoms with Crippen molar-refractivity contribution in [3.63, 3.8) is 0 Å². The van der Waals surface area contributed by atoms with Crippen LogP contribution in [0.2, 0.25) is 0 Å².